The molecule has 0 heterocycles. The van der Waals surface area contributed by atoms with Gasteiger partial charge in [-0.1, -0.05) is 5.12 Å². The zero-order valence-corrected chi connectivity index (χ0v) is 5.97. The third-order valence-electron chi connectivity index (χ3n) is 1.15. The fraction of sp³-hybridized carbons (Fsp3) is 1.00. The van der Waals surface area contributed by atoms with Crippen molar-refractivity contribution in [2.24, 2.45) is 5.73 Å². The van der Waals surface area contributed by atoms with Crippen molar-refractivity contribution >= 4 is 0 Å². The van der Waals surface area contributed by atoms with Crippen LogP contribution in [0, 0.1) is 0 Å². The van der Waals surface area contributed by atoms with E-state index in [4.69, 9.17) is 10.8 Å². The lowest BCUT2D eigenvalue weighted by Crippen LogP contribution is -2.63. The second kappa shape index (κ2) is 3.79. The van der Waals surface area contributed by atoms with Crippen molar-refractivity contribution in [1.29, 1.82) is 0 Å². The summed E-state index contributed by atoms with van der Waals surface area (Å²) in [6.45, 7) is -0.828. The van der Waals surface area contributed by atoms with Gasteiger partial charge >= 0.3 is 0 Å². The number of nitrogens with two attached hydrogens (primary N) is 1. The number of rotatable bonds is 4. The van der Waals surface area contributed by atoms with Crippen LogP contribution in [-0.4, -0.2) is 37.1 Å². The van der Waals surface area contributed by atoms with E-state index in [1.165, 1.54) is 14.2 Å². The van der Waals surface area contributed by atoms with Crippen molar-refractivity contribution < 1.29 is 14.3 Å². The van der Waals surface area contributed by atoms with Crippen LogP contribution < -0.4 is 11.1 Å². The van der Waals surface area contributed by atoms with Crippen LogP contribution in [-0.2, 0) is 4.74 Å². The minimum absolute atomic E-state index is 0.0764. The second-order valence-corrected chi connectivity index (χ2v) is 1.65. The van der Waals surface area contributed by atoms with Gasteiger partial charge < -0.3 is 9.84 Å². The first-order valence-electron chi connectivity index (χ1n) is 2.68. The number of nitrogens with one attached hydrogen (secondary N) is 1. The Morgan fingerprint density at radius 1 is 1.90 bits per heavy atom. The molecule has 0 fully saturated rings. The molecule has 0 aromatic rings. The zero-order chi connectivity index (χ0) is 8.20. The summed E-state index contributed by atoms with van der Waals surface area (Å²) in [5, 5.41) is 10.5. The molecule has 0 rings (SSSR count). The molecule has 10 heavy (non-hydrogen) atoms. The summed E-state index contributed by atoms with van der Waals surface area (Å²) >= 11 is 0. The lowest BCUT2D eigenvalue weighted by molar-refractivity contribution is -0.257. The molecular formula is C4H12FN3O2. The van der Waals surface area contributed by atoms with Gasteiger partial charge in [0.2, 0.25) is 0 Å². The molecule has 0 bridgehead atoms. The van der Waals surface area contributed by atoms with Crippen LogP contribution in [0.5, 0.6) is 0 Å². The van der Waals surface area contributed by atoms with E-state index < -0.39 is 12.7 Å². The van der Waals surface area contributed by atoms with Gasteiger partial charge in [-0.2, -0.15) is 0 Å². The Hall–Kier alpha value is -0.270. The van der Waals surface area contributed by atoms with Gasteiger partial charge in [0.15, 0.2) is 0 Å². The third kappa shape index (κ3) is 1.86. The van der Waals surface area contributed by atoms with E-state index in [2.05, 4.69) is 10.1 Å². The van der Waals surface area contributed by atoms with Gasteiger partial charge in [-0.25, -0.2) is 0 Å². The van der Waals surface area contributed by atoms with E-state index in [1.807, 2.05) is 0 Å². The molecular weight excluding hydrogens is 141 g/mol. The summed E-state index contributed by atoms with van der Waals surface area (Å²) in [4.78, 5) is 0. The Morgan fingerprint density at radius 2 is 2.40 bits per heavy atom. The van der Waals surface area contributed by atoms with Crippen molar-refractivity contribution in [3.63, 3.8) is 0 Å². The lowest BCUT2D eigenvalue weighted by Gasteiger charge is -2.30. The SMILES string of the molecule is CNC(N)(OC)N(F)CO. The first kappa shape index (κ1) is 9.73. The van der Waals surface area contributed by atoms with Crippen LogP contribution in [0.3, 0.4) is 0 Å². The van der Waals surface area contributed by atoms with Gasteiger partial charge in [-0.05, 0) is 7.05 Å². The van der Waals surface area contributed by atoms with Crippen LogP contribution in [0.15, 0.2) is 0 Å². The molecule has 0 aromatic carbocycles. The summed E-state index contributed by atoms with van der Waals surface area (Å²) in [5.41, 5.74) is 5.21. The highest BCUT2D eigenvalue weighted by Gasteiger charge is 2.30. The minimum atomic E-state index is -1.74. The molecule has 0 saturated heterocycles. The predicted molar refractivity (Wildman–Crippen MR) is 33.0 cm³/mol. The largest absolute Gasteiger partial charge is 0.378 e. The highest BCUT2D eigenvalue weighted by Crippen LogP contribution is 2.03. The summed E-state index contributed by atoms with van der Waals surface area (Å²) in [6.07, 6.45) is 0. The molecule has 4 N–H and O–H groups in total. The number of halogens is 1. The number of aliphatic hydroxyl groups is 1. The molecule has 0 aromatic heterocycles. The number of hydrogen-bond acceptors (Lipinski definition) is 5. The number of ether oxygens (including phenoxy) is 1. The Balaban J connectivity index is 4.02. The highest BCUT2D eigenvalue weighted by atomic mass is 19.2. The van der Waals surface area contributed by atoms with E-state index in [1.54, 1.807) is 0 Å². The molecule has 0 aliphatic heterocycles. The Morgan fingerprint density at radius 3 is 2.50 bits per heavy atom. The molecule has 62 valence electrons. The van der Waals surface area contributed by atoms with Crippen molar-refractivity contribution in [3.8, 4) is 0 Å². The number of nitrogens with zero attached hydrogens (tertiary/aromatic N) is 1. The molecule has 1 atom stereocenters. The number of hydrogen-bond donors (Lipinski definition) is 3. The highest BCUT2D eigenvalue weighted by molar-refractivity contribution is 4.59. The molecule has 0 spiro atoms. The van der Waals surface area contributed by atoms with Gasteiger partial charge in [0.25, 0.3) is 5.97 Å². The second-order valence-electron chi connectivity index (χ2n) is 1.65. The average Bonchev–Trinajstić information content (AvgIpc) is 2.01. The maximum absolute atomic E-state index is 12.5. The van der Waals surface area contributed by atoms with Crippen molar-refractivity contribution in [2.75, 3.05) is 20.9 Å². The molecule has 1 unspecified atom stereocenters. The van der Waals surface area contributed by atoms with Crippen LogP contribution in [0.1, 0.15) is 0 Å². The predicted octanol–water partition coefficient (Wildman–Crippen LogP) is -1.44. The smallest absolute Gasteiger partial charge is 0.263 e. The van der Waals surface area contributed by atoms with Crippen LogP contribution in [0.25, 0.3) is 0 Å². The summed E-state index contributed by atoms with van der Waals surface area (Å²) < 4.78 is 16.9. The maximum Gasteiger partial charge on any atom is 0.263 e. The van der Waals surface area contributed by atoms with E-state index in [0.717, 1.165) is 0 Å². The summed E-state index contributed by atoms with van der Waals surface area (Å²) in [6, 6.07) is 0. The summed E-state index contributed by atoms with van der Waals surface area (Å²) in [5.74, 6) is -1.74. The average molecular weight is 153 g/mol. The van der Waals surface area contributed by atoms with Crippen LogP contribution >= 0.6 is 0 Å². The molecule has 6 heteroatoms. The van der Waals surface area contributed by atoms with Gasteiger partial charge in [-0.15, -0.1) is 4.48 Å². The maximum atomic E-state index is 12.5. The molecule has 0 saturated carbocycles. The third-order valence-corrected chi connectivity index (χ3v) is 1.15. The van der Waals surface area contributed by atoms with E-state index >= 15 is 0 Å². The summed E-state index contributed by atoms with van der Waals surface area (Å²) in [7, 11) is 2.63. The Bertz CT molecular complexity index is 98.5. The molecule has 0 radical (unpaired) electrons. The van der Waals surface area contributed by atoms with E-state index in [0.29, 0.717) is 0 Å². The van der Waals surface area contributed by atoms with Crippen molar-refractivity contribution in [2.45, 2.75) is 5.97 Å². The topological polar surface area (TPSA) is 70.8 Å². The Kier molecular flexibility index (Phi) is 3.69. The van der Waals surface area contributed by atoms with Crippen molar-refractivity contribution in [3.05, 3.63) is 0 Å². The quantitative estimate of drug-likeness (QED) is 0.341. The van der Waals surface area contributed by atoms with Crippen LogP contribution in [0.2, 0.25) is 0 Å². The first-order chi connectivity index (χ1) is 4.60. The fourth-order valence-corrected chi connectivity index (χ4v) is 0.427. The van der Waals surface area contributed by atoms with Gasteiger partial charge in [0, 0.05) is 7.11 Å². The minimum Gasteiger partial charge on any atom is -0.378 e. The first-order valence-corrected chi connectivity index (χ1v) is 2.68. The molecule has 0 amide bonds. The Labute approximate surface area is 58.5 Å². The van der Waals surface area contributed by atoms with Gasteiger partial charge in [0.05, 0.1) is 0 Å². The lowest BCUT2D eigenvalue weighted by atomic mass is 10.7. The number of aliphatic hydroxyl groups excluding tert-OH is 1. The fourth-order valence-electron chi connectivity index (χ4n) is 0.427. The standard InChI is InChI=1S/C4H12FN3O2/c1-7-4(6,10-2)8(5)3-9/h7,9H,3,6H2,1-2H3. The normalized spacial score (nSPS) is 17.4. The van der Waals surface area contributed by atoms with E-state index in [9.17, 15) is 4.48 Å². The van der Waals surface area contributed by atoms with E-state index in [-0.39, 0.29) is 5.12 Å². The van der Waals surface area contributed by atoms with Crippen molar-refractivity contribution in [1.82, 2.24) is 10.4 Å². The molecule has 0 aliphatic carbocycles. The molecule has 0 aliphatic rings. The van der Waals surface area contributed by atoms with Gasteiger partial charge in [-0.3, -0.25) is 11.1 Å². The zero-order valence-electron chi connectivity index (χ0n) is 5.97. The van der Waals surface area contributed by atoms with Crippen LogP contribution in [0.4, 0.5) is 4.48 Å². The van der Waals surface area contributed by atoms with Gasteiger partial charge in [0.1, 0.15) is 6.73 Å². The number of methoxy groups -OCH3 is 1. The monoisotopic (exact) mass is 153 g/mol. The molecule has 5 nitrogen and oxygen atoms in total.